The third-order valence-corrected chi connectivity index (χ3v) is 5.15. The standard InChI is InChI=1S/C11H14Br3NOS/c12-5-3-1-2-4-6-15-11(16)8-7-9(13)17-10(8)14/h7H,1-6H2,(H,15,16). The van der Waals surface area contributed by atoms with Crippen LogP contribution in [0.15, 0.2) is 13.6 Å². The highest BCUT2D eigenvalue weighted by atomic mass is 79.9. The first kappa shape index (κ1) is 15.7. The van der Waals surface area contributed by atoms with Gasteiger partial charge in [-0.2, -0.15) is 0 Å². The molecule has 0 fully saturated rings. The summed E-state index contributed by atoms with van der Waals surface area (Å²) in [5.41, 5.74) is 0.710. The van der Waals surface area contributed by atoms with E-state index in [1.54, 1.807) is 0 Å². The van der Waals surface area contributed by atoms with Gasteiger partial charge in [0, 0.05) is 11.9 Å². The van der Waals surface area contributed by atoms with Crippen LogP contribution in [-0.4, -0.2) is 17.8 Å². The Morgan fingerprint density at radius 1 is 1.24 bits per heavy atom. The van der Waals surface area contributed by atoms with Gasteiger partial charge in [0.05, 0.1) is 13.1 Å². The monoisotopic (exact) mass is 445 g/mol. The fraction of sp³-hybridized carbons (Fsp3) is 0.545. The van der Waals surface area contributed by atoms with Gasteiger partial charge in [0.15, 0.2) is 0 Å². The summed E-state index contributed by atoms with van der Waals surface area (Å²) in [4.78, 5) is 11.8. The Morgan fingerprint density at radius 3 is 2.53 bits per heavy atom. The molecule has 96 valence electrons. The van der Waals surface area contributed by atoms with E-state index in [0.29, 0.717) is 5.56 Å². The highest BCUT2D eigenvalue weighted by molar-refractivity contribution is 9.12. The third-order valence-electron chi connectivity index (χ3n) is 2.25. The van der Waals surface area contributed by atoms with Gasteiger partial charge in [0.2, 0.25) is 0 Å². The van der Waals surface area contributed by atoms with Crippen molar-refractivity contribution in [3.05, 3.63) is 19.2 Å². The van der Waals surface area contributed by atoms with Crippen molar-refractivity contribution >= 4 is 65.0 Å². The largest absolute Gasteiger partial charge is 0.352 e. The Hall–Kier alpha value is 0.610. The average Bonchev–Trinajstić information content (AvgIpc) is 2.62. The van der Waals surface area contributed by atoms with Gasteiger partial charge in [-0.25, -0.2) is 0 Å². The SMILES string of the molecule is O=C(NCCCCCCBr)c1cc(Br)sc1Br. The highest BCUT2D eigenvalue weighted by Crippen LogP contribution is 2.31. The Morgan fingerprint density at radius 2 is 1.94 bits per heavy atom. The molecule has 0 spiro atoms. The number of alkyl halides is 1. The molecule has 0 atom stereocenters. The van der Waals surface area contributed by atoms with Crippen LogP contribution < -0.4 is 5.32 Å². The first-order valence-corrected chi connectivity index (χ1v) is 8.96. The van der Waals surface area contributed by atoms with Crippen molar-refractivity contribution in [1.29, 1.82) is 0 Å². The van der Waals surface area contributed by atoms with Crippen molar-refractivity contribution in [2.24, 2.45) is 0 Å². The minimum atomic E-state index is -0.000633. The average molecular weight is 448 g/mol. The molecule has 1 heterocycles. The molecule has 0 aromatic carbocycles. The summed E-state index contributed by atoms with van der Waals surface area (Å²) < 4.78 is 1.84. The number of hydrogen-bond acceptors (Lipinski definition) is 2. The molecule has 1 aromatic heterocycles. The zero-order valence-corrected chi connectivity index (χ0v) is 14.8. The van der Waals surface area contributed by atoms with Crippen LogP contribution in [0.25, 0.3) is 0 Å². The maximum absolute atomic E-state index is 11.8. The number of carbonyl (C=O) groups excluding carboxylic acids is 1. The predicted molar refractivity (Wildman–Crippen MR) is 84.3 cm³/mol. The predicted octanol–water partition coefficient (Wildman–Crippen LogP) is 4.96. The maximum atomic E-state index is 11.8. The molecule has 0 unspecified atom stereocenters. The number of hydrogen-bond donors (Lipinski definition) is 1. The minimum Gasteiger partial charge on any atom is -0.352 e. The van der Waals surface area contributed by atoms with Crippen LogP contribution in [-0.2, 0) is 0 Å². The van der Waals surface area contributed by atoms with E-state index in [0.717, 1.165) is 25.9 Å². The van der Waals surface area contributed by atoms with E-state index in [1.807, 2.05) is 6.07 Å². The van der Waals surface area contributed by atoms with E-state index >= 15 is 0 Å². The Kier molecular flexibility index (Phi) is 7.99. The van der Waals surface area contributed by atoms with E-state index < -0.39 is 0 Å². The van der Waals surface area contributed by atoms with Gasteiger partial charge in [-0.15, -0.1) is 11.3 Å². The molecular formula is C11H14Br3NOS. The second-order valence-electron chi connectivity index (χ2n) is 3.60. The van der Waals surface area contributed by atoms with Gasteiger partial charge < -0.3 is 5.32 Å². The number of thiophene rings is 1. The Labute approximate surface area is 131 Å². The summed E-state index contributed by atoms with van der Waals surface area (Å²) in [7, 11) is 0. The number of carbonyl (C=O) groups is 1. The van der Waals surface area contributed by atoms with Crippen LogP contribution in [0.5, 0.6) is 0 Å². The summed E-state index contributed by atoms with van der Waals surface area (Å²) in [5.74, 6) is -0.000633. The molecule has 0 aliphatic heterocycles. The zero-order valence-electron chi connectivity index (χ0n) is 9.27. The highest BCUT2D eigenvalue weighted by Gasteiger charge is 2.12. The molecule has 1 amide bonds. The lowest BCUT2D eigenvalue weighted by atomic mass is 10.2. The lowest BCUT2D eigenvalue weighted by Gasteiger charge is -2.03. The molecule has 1 rings (SSSR count). The fourth-order valence-electron chi connectivity index (χ4n) is 1.37. The lowest BCUT2D eigenvalue weighted by molar-refractivity contribution is 0.0952. The number of unbranched alkanes of at least 4 members (excludes halogenated alkanes) is 3. The van der Waals surface area contributed by atoms with E-state index in [1.165, 1.54) is 30.6 Å². The molecule has 0 saturated carbocycles. The van der Waals surface area contributed by atoms with Crippen molar-refractivity contribution in [3.8, 4) is 0 Å². The van der Waals surface area contributed by atoms with Crippen molar-refractivity contribution in [2.45, 2.75) is 25.7 Å². The molecule has 17 heavy (non-hydrogen) atoms. The summed E-state index contributed by atoms with van der Waals surface area (Å²) in [6.07, 6.45) is 4.63. The number of amides is 1. The normalized spacial score (nSPS) is 10.5. The topological polar surface area (TPSA) is 29.1 Å². The Bertz CT molecular complexity index is 368. The second kappa shape index (κ2) is 8.67. The molecule has 6 heteroatoms. The first-order chi connectivity index (χ1) is 8.15. The van der Waals surface area contributed by atoms with Crippen molar-refractivity contribution in [3.63, 3.8) is 0 Å². The van der Waals surface area contributed by atoms with Gasteiger partial charge in [0.25, 0.3) is 5.91 Å². The molecule has 0 aliphatic carbocycles. The third kappa shape index (κ3) is 5.85. The van der Waals surface area contributed by atoms with Crippen molar-refractivity contribution in [1.82, 2.24) is 5.32 Å². The maximum Gasteiger partial charge on any atom is 0.253 e. The molecule has 0 radical (unpaired) electrons. The summed E-state index contributed by atoms with van der Waals surface area (Å²) in [6.45, 7) is 0.751. The summed E-state index contributed by atoms with van der Waals surface area (Å²) in [6, 6.07) is 1.84. The molecule has 1 N–H and O–H groups in total. The van der Waals surface area contributed by atoms with Crippen molar-refractivity contribution < 1.29 is 4.79 Å². The van der Waals surface area contributed by atoms with Gasteiger partial charge in [-0.1, -0.05) is 28.8 Å². The van der Waals surface area contributed by atoms with Crippen LogP contribution in [0.4, 0.5) is 0 Å². The molecule has 0 saturated heterocycles. The molecule has 0 bridgehead atoms. The zero-order chi connectivity index (χ0) is 12.7. The number of rotatable bonds is 7. The number of halogens is 3. The molecule has 0 aliphatic rings. The van der Waals surface area contributed by atoms with E-state index in [9.17, 15) is 4.79 Å². The first-order valence-electron chi connectivity index (χ1n) is 5.44. The smallest absolute Gasteiger partial charge is 0.253 e. The summed E-state index contributed by atoms with van der Waals surface area (Å²) in [5, 5.41) is 4.00. The molecule has 2 nitrogen and oxygen atoms in total. The summed E-state index contributed by atoms with van der Waals surface area (Å²) >= 11 is 11.7. The number of nitrogens with one attached hydrogen (secondary N) is 1. The van der Waals surface area contributed by atoms with Crippen LogP contribution >= 0.6 is 59.1 Å². The Balaban J connectivity index is 2.23. The minimum absolute atomic E-state index is 0.000633. The second-order valence-corrected chi connectivity index (χ2v) is 8.14. The van der Waals surface area contributed by atoms with Gasteiger partial charge in [-0.05, 0) is 50.8 Å². The van der Waals surface area contributed by atoms with Gasteiger partial charge >= 0.3 is 0 Å². The fourth-order valence-corrected chi connectivity index (χ4v) is 4.56. The molecule has 1 aromatic rings. The van der Waals surface area contributed by atoms with Crippen LogP contribution in [0.2, 0.25) is 0 Å². The van der Waals surface area contributed by atoms with E-state index in [2.05, 4.69) is 53.1 Å². The van der Waals surface area contributed by atoms with E-state index in [-0.39, 0.29) is 5.91 Å². The quantitative estimate of drug-likeness (QED) is 0.464. The van der Waals surface area contributed by atoms with Crippen LogP contribution in [0.3, 0.4) is 0 Å². The molecular weight excluding hydrogens is 434 g/mol. The van der Waals surface area contributed by atoms with Gasteiger partial charge in [-0.3, -0.25) is 4.79 Å². The van der Waals surface area contributed by atoms with Crippen LogP contribution in [0, 0.1) is 0 Å². The van der Waals surface area contributed by atoms with E-state index in [4.69, 9.17) is 0 Å². The van der Waals surface area contributed by atoms with Crippen LogP contribution in [0.1, 0.15) is 36.0 Å². The van der Waals surface area contributed by atoms with Gasteiger partial charge in [0.1, 0.15) is 0 Å². The lowest BCUT2D eigenvalue weighted by Crippen LogP contribution is -2.24. The van der Waals surface area contributed by atoms with Crippen molar-refractivity contribution in [2.75, 3.05) is 11.9 Å².